The van der Waals surface area contributed by atoms with E-state index < -0.39 is 71.8 Å². The van der Waals surface area contributed by atoms with Gasteiger partial charge in [0.1, 0.15) is 0 Å². The van der Waals surface area contributed by atoms with Crippen molar-refractivity contribution in [3.8, 4) is 0 Å². The molecule has 0 aromatic rings. The van der Waals surface area contributed by atoms with Crippen molar-refractivity contribution in [2.45, 2.75) is 19.3 Å². The SMILES string of the molecule is C=C(CC(=O)[O-])C(=O)[O-].C=C(CC(=O)[O-])C(=O)[O-].C=C(CC(=O)[O-])C(=O)[O-].[Ce+3].[Ce+3]. The van der Waals surface area contributed by atoms with E-state index in [1.54, 1.807) is 0 Å². The molecule has 0 aromatic heterocycles. The number of carboxylic acid groups (broad SMARTS) is 6. The molecule has 2 radical (unpaired) electrons. The van der Waals surface area contributed by atoms with E-state index in [1.165, 1.54) is 0 Å². The molecular weight excluding hydrogens is 652 g/mol. The molecular formula is C15H12Ce2O12. The minimum absolute atomic E-state index is 0. The van der Waals surface area contributed by atoms with E-state index in [2.05, 4.69) is 19.7 Å². The van der Waals surface area contributed by atoms with E-state index in [0.717, 1.165) is 0 Å². The van der Waals surface area contributed by atoms with Crippen LogP contribution in [0.1, 0.15) is 19.3 Å². The Kier molecular flexibility index (Phi) is 28.5. The van der Waals surface area contributed by atoms with Gasteiger partial charge in [0, 0.05) is 37.2 Å². The minimum atomic E-state index is -1.56. The van der Waals surface area contributed by atoms with E-state index in [0.29, 0.717) is 0 Å². The third kappa shape index (κ3) is 31.7. The Balaban J connectivity index is -0.0000000960. The van der Waals surface area contributed by atoms with Crippen LogP contribution in [0.25, 0.3) is 0 Å². The van der Waals surface area contributed by atoms with Gasteiger partial charge in [-0.25, -0.2) is 0 Å². The van der Waals surface area contributed by atoms with Gasteiger partial charge in [-0.2, -0.15) is 0 Å². The smallest absolute Gasteiger partial charge is 0.550 e. The molecule has 0 unspecified atom stereocenters. The second kappa shape index (κ2) is 21.5. The van der Waals surface area contributed by atoms with Gasteiger partial charge in [-0.3, -0.25) is 0 Å². The predicted octanol–water partition coefficient (Wildman–Crippen LogP) is -7.70. The summed E-state index contributed by atoms with van der Waals surface area (Å²) in [5.74, 6) is -9.07. The Morgan fingerprint density at radius 3 is 0.621 bits per heavy atom. The summed E-state index contributed by atoms with van der Waals surface area (Å²) in [6, 6.07) is 0. The van der Waals surface area contributed by atoms with Gasteiger partial charge in [0.05, 0.1) is 17.9 Å². The number of hydrogen-bond acceptors (Lipinski definition) is 12. The van der Waals surface area contributed by atoms with Crippen LogP contribution >= 0.6 is 0 Å². The first-order chi connectivity index (χ1) is 12.1. The first-order valence-electron chi connectivity index (χ1n) is 6.38. The number of rotatable bonds is 9. The third-order valence-corrected chi connectivity index (χ3v) is 1.94. The van der Waals surface area contributed by atoms with Gasteiger partial charge in [0.2, 0.25) is 0 Å². The molecule has 0 aliphatic rings. The van der Waals surface area contributed by atoms with Crippen LogP contribution in [0.5, 0.6) is 0 Å². The van der Waals surface area contributed by atoms with Crippen molar-refractivity contribution < 1.29 is 143 Å². The fourth-order valence-corrected chi connectivity index (χ4v) is 0.739. The van der Waals surface area contributed by atoms with Crippen LogP contribution in [0.15, 0.2) is 36.5 Å². The second-order valence-electron chi connectivity index (χ2n) is 4.32. The first kappa shape index (κ1) is 38.4. The van der Waals surface area contributed by atoms with Crippen molar-refractivity contribution >= 4 is 35.8 Å². The largest absolute Gasteiger partial charge is 3.00 e. The van der Waals surface area contributed by atoms with Gasteiger partial charge in [-0.15, -0.1) is 0 Å². The van der Waals surface area contributed by atoms with E-state index in [9.17, 15) is 59.4 Å². The molecule has 29 heavy (non-hydrogen) atoms. The Morgan fingerprint density at radius 1 is 0.448 bits per heavy atom. The van der Waals surface area contributed by atoms with Gasteiger partial charge in [-0.05, 0) is 16.7 Å². The van der Waals surface area contributed by atoms with Crippen LogP contribution in [0, 0.1) is 83.5 Å². The minimum Gasteiger partial charge on any atom is -0.550 e. The molecule has 0 bridgehead atoms. The number of aliphatic carboxylic acids is 6. The summed E-state index contributed by atoms with van der Waals surface area (Å²) in [5, 5.41) is 58.2. The monoisotopic (exact) mass is 664 g/mol. The number of carboxylic acids is 6. The normalized spacial score (nSPS) is 7.86. The molecule has 0 fully saturated rings. The van der Waals surface area contributed by atoms with Crippen LogP contribution in [-0.2, 0) is 28.8 Å². The summed E-state index contributed by atoms with van der Waals surface area (Å²) >= 11 is 0. The molecule has 0 aliphatic carbocycles. The quantitative estimate of drug-likeness (QED) is 0.209. The molecule has 0 atom stereocenters. The summed E-state index contributed by atoms with van der Waals surface area (Å²) in [6.45, 7) is 8.73. The molecule has 0 spiro atoms. The Morgan fingerprint density at radius 2 is 0.586 bits per heavy atom. The van der Waals surface area contributed by atoms with Crippen molar-refractivity contribution in [2.75, 3.05) is 0 Å². The summed E-state index contributed by atoms with van der Waals surface area (Å²) in [6.07, 6.45) is -2.03. The van der Waals surface area contributed by atoms with E-state index in [1.807, 2.05) is 0 Å². The van der Waals surface area contributed by atoms with Crippen LogP contribution in [0.2, 0.25) is 0 Å². The molecule has 12 nitrogen and oxygen atoms in total. The number of hydrogen-bond donors (Lipinski definition) is 0. The summed E-state index contributed by atoms with van der Waals surface area (Å²) in [4.78, 5) is 58.2. The van der Waals surface area contributed by atoms with Gasteiger partial charge < -0.3 is 59.4 Å². The zero-order chi connectivity index (χ0) is 22.3. The van der Waals surface area contributed by atoms with Crippen molar-refractivity contribution in [2.24, 2.45) is 0 Å². The third-order valence-electron chi connectivity index (χ3n) is 1.94. The van der Waals surface area contributed by atoms with Crippen molar-refractivity contribution in [3.63, 3.8) is 0 Å². The zero-order valence-electron chi connectivity index (χ0n) is 14.6. The maximum absolute atomic E-state index is 9.73. The standard InChI is InChI=1S/3C5H6O4.2Ce/c3*1-3(5(8)9)2-4(6)7;;/h3*1-2H2,(H,6,7)(H,8,9);;/q;;;2*+3/p-6. The molecule has 152 valence electrons. The topological polar surface area (TPSA) is 241 Å². The van der Waals surface area contributed by atoms with Crippen molar-refractivity contribution in [1.29, 1.82) is 0 Å². The number of carbonyl (C=O) groups is 6. The summed E-state index contributed by atoms with van der Waals surface area (Å²) < 4.78 is 0. The van der Waals surface area contributed by atoms with Gasteiger partial charge in [-0.1, -0.05) is 19.7 Å². The second-order valence-corrected chi connectivity index (χ2v) is 4.32. The molecule has 0 aliphatic heterocycles. The molecule has 0 heterocycles. The molecule has 0 aromatic carbocycles. The maximum Gasteiger partial charge on any atom is 3.00 e. The van der Waals surface area contributed by atoms with Crippen LogP contribution < -0.4 is 30.6 Å². The first-order valence-corrected chi connectivity index (χ1v) is 6.38. The van der Waals surface area contributed by atoms with Gasteiger partial charge in [0.25, 0.3) is 0 Å². The summed E-state index contributed by atoms with van der Waals surface area (Å²) in [5.41, 5.74) is -1.43. The Hall–Kier alpha value is -1.21. The fourth-order valence-electron chi connectivity index (χ4n) is 0.739. The van der Waals surface area contributed by atoms with Crippen molar-refractivity contribution in [3.05, 3.63) is 36.5 Å². The Bertz CT molecular complexity index is 576. The molecule has 0 amide bonds. The van der Waals surface area contributed by atoms with Crippen LogP contribution in [0.3, 0.4) is 0 Å². The van der Waals surface area contributed by atoms with Crippen molar-refractivity contribution in [1.82, 2.24) is 0 Å². The van der Waals surface area contributed by atoms with Crippen LogP contribution in [0.4, 0.5) is 0 Å². The van der Waals surface area contributed by atoms with Gasteiger partial charge >= 0.3 is 83.5 Å². The van der Waals surface area contributed by atoms with E-state index in [4.69, 9.17) is 0 Å². The molecule has 0 rings (SSSR count). The van der Waals surface area contributed by atoms with Crippen LogP contribution in [-0.4, -0.2) is 35.8 Å². The predicted molar refractivity (Wildman–Crippen MR) is 71.3 cm³/mol. The fraction of sp³-hybridized carbons (Fsp3) is 0.200. The zero-order valence-corrected chi connectivity index (χ0v) is 20.9. The molecule has 0 saturated carbocycles. The molecule has 0 N–H and O–H groups in total. The van der Waals surface area contributed by atoms with Gasteiger partial charge in [0.15, 0.2) is 0 Å². The average molecular weight is 664 g/mol. The molecule has 0 saturated heterocycles. The van der Waals surface area contributed by atoms with E-state index >= 15 is 0 Å². The molecule has 14 heteroatoms. The Labute approximate surface area is 231 Å². The maximum atomic E-state index is 9.73. The number of carbonyl (C=O) groups excluding carboxylic acids is 6. The average Bonchev–Trinajstić information content (AvgIpc) is 2.46. The van der Waals surface area contributed by atoms with E-state index in [-0.39, 0.29) is 83.5 Å². The summed E-state index contributed by atoms with van der Waals surface area (Å²) in [7, 11) is 0.